The SMILES string of the molecule is CCC1=C(C)c2nc1cc1[nH]c(cc3nc(cc4[nH]c(c(C)c4CC)c2-c2ccc(O)cc2)C(C)=C3CCC(=O)OC)c(CCC(=O)OC)c1C. The van der Waals surface area contributed by atoms with Crippen molar-refractivity contribution in [2.24, 2.45) is 0 Å². The number of aromatic hydroxyl groups is 1. The highest BCUT2D eigenvalue weighted by molar-refractivity contribution is 6.01. The van der Waals surface area contributed by atoms with Crippen LogP contribution < -0.4 is 0 Å². The molecule has 4 aromatic rings. The van der Waals surface area contributed by atoms with Crippen LogP contribution in [0.25, 0.3) is 55.5 Å². The number of aromatic nitrogens is 4. The van der Waals surface area contributed by atoms with Gasteiger partial charge in [0.05, 0.1) is 42.5 Å². The van der Waals surface area contributed by atoms with E-state index in [2.05, 4.69) is 63.6 Å². The number of ether oxygens (including phenoxy) is 2. The van der Waals surface area contributed by atoms with Crippen molar-refractivity contribution in [1.29, 1.82) is 0 Å². The zero-order chi connectivity index (χ0) is 36.6. The number of aryl methyl sites for hydroxylation is 4. The summed E-state index contributed by atoms with van der Waals surface area (Å²) in [7, 11) is 2.81. The molecule has 0 amide bonds. The van der Waals surface area contributed by atoms with E-state index in [0.29, 0.717) is 12.8 Å². The van der Waals surface area contributed by atoms with Gasteiger partial charge in [-0.3, -0.25) is 9.59 Å². The van der Waals surface area contributed by atoms with Crippen LogP contribution in [0.1, 0.15) is 98.4 Å². The fourth-order valence-corrected chi connectivity index (χ4v) is 7.47. The molecule has 8 bridgehead atoms. The van der Waals surface area contributed by atoms with Gasteiger partial charge in [0, 0.05) is 35.0 Å². The molecule has 0 saturated heterocycles. The summed E-state index contributed by atoms with van der Waals surface area (Å²) in [5.41, 5.74) is 17.4. The molecule has 0 atom stereocenters. The van der Waals surface area contributed by atoms with Crippen LogP contribution in [0.2, 0.25) is 0 Å². The molecule has 0 aliphatic carbocycles. The Labute approximate surface area is 298 Å². The van der Waals surface area contributed by atoms with E-state index in [4.69, 9.17) is 19.4 Å². The highest BCUT2D eigenvalue weighted by atomic mass is 16.5. The fraction of sp³-hybridized carbons (Fsp3) is 0.333. The third kappa shape index (κ3) is 6.60. The quantitative estimate of drug-likeness (QED) is 0.150. The maximum Gasteiger partial charge on any atom is 0.305 e. The standard InChI is InChI=1S/C42H46N4O5/c1-9-28-24(5)41-40(26-11-13-27(47)14-12-26)42-25(6)29(10-2)35(46-42)20-33-23(4)31(16-18-39(49)51-8)37(44-33)21-36-30(15-17-38(48)50-7)22(3)32(43-36)19-34(28)45-41/h11-14,19-21,43,46-47H,9-10,15-18H2,1-8H3. The molecule has 0 fully saturated rings. The zero-order valence-corrected chi connectivity index (χ0v) is 30.8. The molecular weight excluding hydrogens is 640 g/mol. The van der Waals surface area contributed by atoms with Gasteiger partial charge >= 0.3 is 11.9 Å². The van der Waals surface area contributed by atoms with Crippen molar-refractivity contribution in [1.82, 2.24) is 19.9 Å². The molecule has 0 saturated carbocycles. The monoisotopic (exact) mass is 686 g/mol. The molecule has 2 aliphatic heterocycles. The van der Waals surface area contributed by atoms with E-state index in [9.17, 15) is 14.7 Å². The van der Waals surface area contributed by atoms with Crippen molar-refractivity contribution < 1.29 is 24.2 Å². The Balaban J connectivity index is 1.80. The molecule has 264 valence electrons. The number of hydrogen-bond donors (Lipinski definition) is 3. The summed E-state index contributed by atoms with van der Waals surface area (Å²) in [5.74, 6) is -0.363. The summed E-state index contributed by atoms with van der Waals surface area (Å²) < 4.78 is 10.0. The van der Waals surface area contributed by atoms with Crippen LogP contribution in [0.4, 0.5) is 0 Å². The lowest BCUT2D eigenvalue weighted by Gasteiger charge is -2.08. The second-order valence-electron chi connectivity index (χ2n) is 13.2. The highest BCUT2D eigenvalue weighted by Gasteiger charge is 2.24. The average Bonchev–Trinajstić information content (AvgIpc) is 3.79. The van der Waals surface area contributed by atoms with Crippen LogP contribution in [-0.2, 0) is 31.9 Å². The topological polar surface area (TPSA) is 130 Å². The van der Waals surface area contributed by atoms with E-state index < -0.39 is 0 Å². The summed E-state index contributed by atoms with van der Waals surface area (Å²) >= 11 is 0. The number of phenols is 1. The molecule has 0 radical (unpaired) electrons. The van der Waals surface area contributed by atoms with Crippen molar-refractivity contribution in [2.45, 2.75) is 80.1 Å². The van der Waals surface area contributed by atoms with Gasteiger partial charge in [0.2, 0.25) is 0 Å². The minimum Gasteiger partial charge on any atom is -0.508 e. The number of H-pyrrole nitrogens is 2. The van der Waals surface area contributed by atoms with Gasteiger partial charge in [-0.15, -0.1) is 0 Å². The van der Waals surface area contributed by atoms with E-state index in [1.54, 1.807) is 12.1 Å². The number of allylic oxidation sites excluding steroid dienone is 4. The number of esters is 2. The van der Waals surface area contributed by atoms with Crippen molar-refractivity contribution in [2.75, 3.05) is 14.2 Å². The van der Waals surface area contributed by atoms with Gasteiger partial charge in [0.15, 0.2) is 0 Å². The summed E-state index contributed by atoms with van der Waals surface area (Å²) in [6, 6.07) is 13.6. The zero-order valence-electron chi connectivity index (χ0n) is 30.8. The van der Waals surface area contributed by atoms with Crippen LogP contribution in [-0.4, -0.2) is 51.2 Å². The highest BCUT2D eigenvalue weighted by Crippen LogP contribution is 2.42. The number of phenolic OH excluding ortho intramolecular Hbond substituents is 1. The number of nitrogens with one attached hydrogen (secondary N) is 2. The summed E-state index contributed by atoms with van der Waals surface area (Å²) in [6.07, 6.45) is 2.98. The number of nitrogens with zero attached hydrogens (tertiary/aromatic N) is 2. The number of carbonyl (C=O) groups is 2. The lowest BCUT2D eigenvalue weighted by molar-refractivity contribution is -0.141. The first-order chi connectivity index (χ1) is 24.5. The molecule has 0 spiro atoms. The smallest absolute Gasteiger partial charge is 0.305 e. The van der Waals surface area contributed by atoms with Crippen LogP contribution in [0, 0.1) is 13.8 Å². The molecule has 9 heteroatoms. The largest absolute Gasteiger partial charge is 0.508 e. The van der Waals surface area contributed by atoms with Gasteiger partial charge in [-0.2, -0.15) is 0 Å². The Bertz CT molecular complexity index is 2290. The molecule has 0 unspecified atom stereocenters. The molecular formula is C42H46N4O5. The first-order valence-electron chi connectivity index (χ1n) is 17.6. The number of fused-ring (bicyclic) bond motifs is 8. The molecule has 51 heavy (non-hydrogen) atoms. The van der Waals surface area contributed by atoms with E-state index in [1.165, 1.54) is 19.8 Å². The minimum atomic E-state index is -0.282. The lowest BCUT2D eigenvalue weighted by atomic mass is 9.95. The molecule has 9 nitrogen and oxygen atoms in total. The van der Waals surface area contributed by atoms with Gasteiger partial charge < -0.3 is 24.5 Å². The van der Waals surface area contributed by atoms with E-state index in [0.717, 1.165) is 108 Å². The number of methoxy groups -OCH3 is 2. The normalized spacial score (nSPS) is 12.9. The molecule has 3 N–H and O–H groups in total. The van der Waals surface area contributed by atoms with Crippen molar-refractivity contribution >= 4 is 56.3 Å². The summed E-state index contributed by atoms with van der Waals surface area (Å²) in [4.78, 5) is 42.6. The predicted molar refractivity (Wildman–Crippen MR) is 204 cm³/mol. The summed E-state index contributed by atoms with van der Waals surface area (Å²) in [5, 5.41) is 10.2. The van der Waals surface area contributed by atoms with E-state index in [-0.39, 0.29) is 30.5 Å². The lowest BCUT2D eigenvalue weighted by Crippen LogP contribution is -2.02. The van der Waals surface area contributed by atoms with Crippen LogP contribution in [0.5, 0.6) is 5.75 Å². The maximum atomic E-state index is 12.3. The fourth-order valence-electron chi connectivity index (χ4n) is 7.47. The summed E-state index contributed by atoms with van der Waals surface area (Å²) in [6.45, 7) is 12.7. The van der Waals surface area contributed by atoms with Crippen LogP contribution >= 0.6 is 0 Å². The van der Waals surface area contributed by atoms with Gasteiger partial charge in [-0.05, 0) is 134 Å². The maximum absolute atomic E-state index is 12.3. The third-order valence-electron chi connectivity index (χ3n) is 10.4. The van der Waals surface area contributed by atoms with Gasteiger partial charge in [-0.1, -0.05) is 26.0 Å². The molecule has 5 heterocycles. The van der Waals surface area contributed by atoms with Gasteiger partial charge in [0.1, 0.15) is 5.75 Å². The van der Waals surface area contributed by atoms with Crippen LogP contribution in [0.15, 0.2) is 42.5 Å². The van der Waals surface area contributed by atoms with Gasteiger partial charge in [0.25, 0.3) is 0 Å². The van der Waals surface area contributed by atoms with Crippen molar-refractivity contribution in [3.8, 4) is 16.9 Å². The molecule has 3 aromatic heterocycles. The molecule has 2 aliphatic rings. The Kier molecular flexibility index (Phi) is 10.0. The number of aromatic amines is 2. The van der Waals surface area contributed by atoms with E-state index in [1.807, 2.05) is 18.2 Å². The van der Waals surface area contributed by atoms with Crippen molar-refractivity contribution in [3.63, 3.8) is 0 Å². The first-order valence-corrected chi connectivity index (χ1v) is 17.6. The number of carbonyl (C=O) groups excluding carboxylic acids is 2. The third-order valence-corrected chi connectivity index (χ3v) is 10.4. The van der Waals surface area contributed by atoms with E-state index >= 15 is 0 Å². The number of benzene rings is 1. The molecule has 1 aromatic carbocycles. The molecule has 6 rings (SSSR count). The minimum absolute atomic E-state index is 0.198. The second-order valence-corrected chi connectivity index (χ2v) is 13.2. The van der Waals surface area contributed by atoms with Gasteiger partial charge in [-0.25, -0.2) is 9.97 Å². The second kappa shape index (κ2) is 14.4. The Morgan fingerprint density at radius 1 is 0.686 bits per heavy atom. The predicted octanol–water partition coefficient (Wildman–Crippen LogP) is 9.20. The van der Waals surface area contributed by atoms with Crippen LogP contribution in [0.3, 0.4) is 0 Å². The Morgan fingerprint density at radius 3 is 1.94 bits per heavy atom. The average molecular weight is 687 g/mol. The van der Waals surface area contributed by atoms with Crippen molar-refractivity contribution in [3.05, 3.63) is 87.5 Å². The number of hydrogen-bond acceptors (Lipinski definition) is 7. The Hall–Kier alpha value is -5.44. The first kappa shape index (κ1) is 35.4. The Morgan fingerprint density at radius 2 is 1.29 bits per heavy atom. The number of rotatable bonds is 9.